The van der Waals surface area contributed by atoms with Gasteiger partial charge in [-0.05, 0) is 37.1 Å². The Morgan fingerprint density at radius 1 is 1.10 bits per heavy atom. The van der Waals surface area contributed by atoms with Crippen LogP contribution in [0, 0.1) is 5.92 Å². The Morgan fingerprint density at radius 2 is 1.85 bits per heavy atom. The number of carbonyl (C=O) groups excluding carboxylic acids is 2. The van der Waals surface area contributed by atoms with Crippen molar-refractivity contribution in [3.8, 4) is 5.75 Å². The highest BCUT2D eigenvalue weighted by molar-refractivity contribution is 7.18. The van der Waals surface area contributed by atoms with Crippen LogP contribution >= 0.6 is 11.3 Å². The highest BCUT2D eigenvalue weighted by Gasteiger charge is 2.29. The van der Waals surface area contributed by atoms with Gasteiger partial charge in [-0.15, -0.1) is 11.3 Å². The van der Waals surface area contributed by atoms with Gasteiger partial charge in [-0.3, -0.25) is 4.79 Å². The molecule has 0 radical (unpaired) electrons. The van der Waals surface area contributed by atoms with Gasteiger partial charge in [-0.2, -0.15) is 0 Å². The fraction of sp³-hybridized carbons (Fsp3) is 0.200. The number of amides is 1. The van der Waals surface area contributed by atoms with Crippen molar-refractivity contribution in [2.45, 2.75) is 12.8 Å². The van der Waals surface area contributed by atoms with E-state index in [1.54, 1.807) is 36.4 Å². The lowest BCUT2D eigenvalue weighted by atomic mass is 10.3. The van der Waals surface area contributed by atoms with Gasteiger partial charge >= 0.3 is 5.97 Å². The van der Waals surface area contributed by atoms with E-state index in [2.05, 4.69) is 5.32 Å². The van der Waals surface area contributed by atoms with E-state index < -0.39 is 5.97 Å². The maximum atomic E-state index is 11.9. The molecule has 3 rings (SSSR count). The molecule has 1 N–H and O–H groups in total. The molecular weight excluding hydrogens is 274 g/mol. The second kappa shape index (κ2) is 5.46. The maximum Gasteiger partial charge on any atom is 0.353 e. The summed E-state index contributed by atoms with van der Waals surface area (Å²) in [6, 6.07) is 12.3. The second-order valence-electron chi connectivity index (χ2n) is 4.63. The van der Waals surface area contributed by atoms with Crippen LogP contribution in [0.3, 0.4) is 0 Å². The first kappa shape index (κ1) is 12.9. The van der Waals surface area contributed by atoms with Crippen LogP contribution in [0.2, 0.25) is 0 Å². The van der Waals surface area contributed by atoms with Crippen LogP contribution in [-0.4, -0.2) is 11.9 Å². The van der Waals surface area contributed by atoms with Crippen LogP contribution in [0.4, 0.5) is 5.00 Å². The van der Waals surface area contributed by atoms with Crippen LogP contribution in [0.15, 0.2) is 42.5 Å². The largest absolute Gasteiger partial charge is 0.422 e. The van der Waals surface area contributed by atoms with E-state index in [0.29, 0.717) is 15.6 Å². The third-order valence-electron chi connectivity index (χ3n) is 2.96. The van der Waals surface area contributed by atoms with Crippen molar-refractivity contribution in [3.63, 3.8) is 0 Å². The molecule has 0 unspecified atom stereocenters. The predicted molar refractivity (Wildman–Crippen MR) is 77.1 cm³/mol. The Balaban J connectivity index is 1.63. The van der Waals surface area contributed by atoms with Gasteiger partial charge in [0.1, 0.15) is 10.6 Å². The molecule has 1 aliphatic carbocycles. The van der Waals surface area contributed by atoms with Gasteiger partial charge in [0.05, 0.1) is 5.00 Å². The normalized spacial score (nSPS) is 13.8. The molecule has 5 heteroatoms. The van der Waals surface area contributed by atoms with Crippen molar-refractivity contribution in [2.24, 2.45) is 5.92 Å². The van der Waals surface area contributed by atoms with Crippen LogP contribution < -0.4 is 10.1 Å². The molecule has 1 saturated carbocycles. The molecular formula is C15H13NO3S. The summed E-state index contributed by atoms with van der Waals surface area (Å²) >= 11 is 1.23. The molecule has 0 aliphatic heterocycles. The monoisotopic (exact) mass is 287 g/mol. The third-order valence-corrected chi connectivity index (χ3v) is 3.94. The number of ether oxygens (including phenoxy) is 1. The summed E-state index contributed by atoms with van der Waals surface area (Å²) in [6.45, 7) is 0. The van der Waals surface area contributed by atoms with Crippen LogP contribution in [0.25, 0.3) is 0 Å². The highest BCUT2D eigenvalue weighted by Crippen LogP contribution is 2.31. The molecule has 0 spiro atoms. The molecule has 1 fully saturated rings. The SMILES string of the molecule is O=C(Oc1ccccc1)c1ccc(NC(=O)C2CC2)s1. The van der Waals surface area contributed by atoms with E-state index in [1.165, 1.54) is 11.3 Å². The summed E-state index contributed by atoms with van der Waals surface area (Å²) in [5, 5.41) is 3.50. The molecule has 0 bridgehead atoms. The fourth-order valence-corrected chi connectivity index (χ4v) is 2.52. The van der Waals surface area contributed by atoms with E-state index in [1.807, 2.05) is 6.07 Å². The summed E-state index contributed by atoms with van der Waals surface area (Å²) in [5.41, 5.74) is 0. The number of nitrogens with one attached hydrogen (secondary N) is 1. The molecule has 0 atom stereocenters. The first-order valence-electron chi connectivity index (χ1n) is 6.40. The summed E-state index contributed by atoms with van der Waals surface area (Å²) in [4.78, 5) is 24.0. The van der Waals surface area contributed by atoms with Gasteiger partial charge in [0, 0.05) is 5.92 Å². The Bertz CT molecular complexity index is 632. The topological polar surface area (TPSA) is 55.4 Å². The molecule has 1 heterocycles. The number of hydrogen-bond donors (Lipinski definition) is 1. The van der Waals surface area contributed by atoms with Crippen LogP contribution in [0.1, 0.15) is 22.5 Å². The predicted octanol–water partition coefficient (Wildman–Crippen LogP) is 3.32. The van der Waals surface area contributed by atoms with E-state index in [0.717, 1.165) is 12.8 Å². The molecule has 1 aromatic heterocycles. The van der Waals surface area contributed by atoms with Gasteiger partial charge in [0.15, 0.2) is 0 Å². The van der Waals surface area contributed by atoms with E-state index >= 15 is 0 Å². The first-order chi connectivity index (χ1) is 9.72. The molecule has 1 amide bonds. The summed E-state index contributed by atoms with van der Waals surface area (Å²) in [6.07, 6.45) is 1.92. The van der Waals surface area contributed by atoms with E-state index in [-0.39, 0.29) is 11.8 Å². The zero-order valence-electron chi connectivity index (χ0n) is 10.7. The number of esters is 1. The zero-order valence-corrected chi connectivity index (χ0v) is 11.5. The molecule has 1 aromatic carbocycles. The zero-order chi connectivity index (χ0) is 13.9. The number of benzene rings is 1. The van der Waals surface area contributed by atoms with Gasteiger partial charge in [0.2, 0.25) is 5.91 Å². The molecule has 0 saturated heterocycles. The number of carbonyl (C=O) groups is 2. The number of hydrogen-bond acceptors (Lipinski definition) is 4. The second-order valence-corrected chi connectivity index (χ2v) is 5.71. The standard InChI is InChI=1S/C15H13NO3S/c17-14(10-6-7-10)16-13-9-8-12(20-13)15(18)19-11-4-2-1-3-5-11/h1-5,8-10H,6-7H2,(H,16,17). The van der Waals surface area contributed by atoms with E-state index in [9.17, 15) is 9.59 Å². The van der Waals surface area contributed by atoms with Crippen molar-refractivity contribution in [1.82, 2.24) is 0 Å². The Hall–Kier alpha value is -2.14. The minimum Gasteiger partial charge on any atom is -0.422 e. The minimum absolute atomic E-state index is 0.0369. The fourth-order valence-electron chi connectivity index (χ4n) is 1.73. The van der Waals surface area contributed by atoms with Crippen molar-refractivity contribution in [3.05, 3.63) is 47.3 Å². The van der Waals surface area contributed by atoms with Crippen molar-refractivity contribution in [2.75, 3.05) is 5.32 Å². The van der Waals surface area contributed by atoms with Gasteiger partial charge in [-0.1, -0.05) is 18.2 Å². The van der Waals surface area contributed by atoms with Crippen LogP contribution in [-0.2, 0) is 4.79 Å². The molecule has 4 nitrogen and oxygen atoms in total. The minimum atomic E-state index is -0.409. The molecule has 1 aliphatic rings. The lowest BCUT2D eigenvalue weighted by Crippen LogP contribution is -2.12. The molecule has 20 heavy (non-hydrogen) atoms. The van der Waals surface area contributed by atoms with Gasteiger partial charge < -0.3 is 10.1 Å². The summed E-state index contributed by atoms with van der Waals surface area (Å²) in [5.74, 6) is 0.286. The third kappa shape index (κ3) is 3.05. The summed E-state index contributed by atoms with van der Waals surface area (Å²) < 4.78 is 5.24. The Labute approximate surface area is 120 Å². The van der Waals surface area contributed by atoms with Crippen molar-refractivity contribution >= 4 is 28.2 Å². The number of para-hydroxylation sites is 1. The lowest BCUT2D eigenvalue weighted by Gasteiger charge is -2.01. The number of anilines is 1. The quantitative estimate of drug-likeness (QED) is 0.693. The number of rotatable bonds is 4. The highest BCUT2D eigenvalue weighted by atomic mass is 32.1. The smallest absolute Gasteiger partial charge is 0.353 e. The van der Waals surface area contributed by atoms with Crippen LogP contribution in [0.5, 0.6) is 5.75 Å². The molecule has 102 valence electrons. The number of thiophene rings is 1. The first-order valence-corrected chi connectivity index (χ1v) is 7.22. The summed E-state index contributed by atoms with van der Waals surface area (Å²) in [7, 11) is 0. The van der Waals surface area contributed by atoms with Gasteiger partial charge in [-0.25, -0.2) is 4.79 Å². The molecule has 2 aromatic rings. The lowest BCUT2D eigenvalue weighted by molar-refractivity contribution is -0.117. The van der Waals surface area contributed by atoms with Gasteiger partial charge in [0.25, 0.3) is 0 Å². The van der Waals surface area contributed by atoms with Crippen molar-refractivity contribution in [1.29, 1.82) is 0 Å². The maximum absolute atomic E-state index is 11.9. The Morgan fingerprint density at radius 3 is 2.55 bits per heavy atom. The average molecular weight is 287 g/mol. The average Bonchev–Trinajstić information content (AvgIpc) is 3.20. The van der Waals surface area contributed by atoms with Crippen molar-refractivity contribution < 1.29 is 14.3 Å². The Kier molecular flexibility index (Phi) is 3.52. The van der Waals surface area contributed by atoms with E-state index in [4.69, 9.17) is 4.74 Å².